The molecule has 0 spiro atoms. The van der Waals surface area contributed by atoms with E-state index in [9.17, 15) is 14.3 Å². The number of rotatable bonds is 4. The van der Waals surface area contributed by atoms with Gasteiger partial charge in [-0.3, -0.25) is 4.79 Å². The number of ether oxygens (including phenoxy) is 1. The van der Waals surface area contributed by atoms with Gasteiger partial charge in [-0.25, -0.2) is 4.39 Å². The van der Waals surface area contributed by atoms with Crippen LogP contribution in [0.5, 0.6) is 5.75 Å². The van der Waals surface area contributed by atoms with E-state index >= 15 is 0 Å². The fourth-order valence-corrected chi connectivity index (χ4v) is 1.61. The molecule has 0 saturated heterocycles. The van der Waals surface area contributed by atoms with Crippen LogP contribution in [-0.2, 0) is 9.53 Å². The Morgan fingerprint density at radius 1 is 1.47 bits per heavy atom. The maximum absolute atomic E-state index is 12.9. The van der Waals surface area contributed by atoms with Crippen LogP contribution in [0.1, 0.15) is 39.3 Å². The molecule has 19 heavy (non-hydrogen) atoms. The Morgan fingerprint density at radius 2 is 2.11 bits per heavy atom. The fourth-order valence-electron chi connectivity index (χ4n) is 1.61. The summed E-state index contributed by atoms with van der Waals surface area (Å²) in [6.45, 7) is 7.17. The maximum atomic E-state index is 12.9. The normalized spacial score (nSPS) is 13.1. The maximum Gasteiger partial charge on any atom is 0.320 e. The molecule has 4 nitrogen and oxygen atoms in total. The van der Waals surface area contributed by atoms with Gasteiger partial charge in [-0.1, -0.05) is 6.07 Å². The smallest absolute Gasteiger partial charge is 0.320 e. The van der Waals surface area contributed by atoms with E-state index in [2.05, 4.69) is 5.32 Å². The molecule has 0 aliphatic heterocycles. The van der Waals surface area contributed by atoms with Crippen molar-refractivity contribution in [2.45, 2.75) is 39.3 Å². The summed E-state index contributed by atoms with van der Waals surface area (Å²) in [7, 11) is 0. The predicted octanol–water partition coefficient (Wildman–Crippen LogP) is 2.52. The van der Waals surface area contributed by atoms with Gasteiger partial charge in [0.2, 0.25) is 0 Å². The van der Waals surface area contributed by atoms with E-state index in [-0.39, 0.29) is 24.3 Å². The van der Waals surface area contributed by atoms with E-state index in [1.165, 1.54) is 12.1 Å². The zero-order valence-corrected chi connectivity index (χ0v) is 11.7. The number of esters is 1. The summed E-state index contributed by atoms with van der Waals surface area (Å²) in [5, 5.41) is 12.5. The van der Waals surface area contributed by atoms with Crippen molar-refractivity contribution in [3.05, 3.63) is 29.6 Å². The Hall–Kier alpha value is -1.62. The molecule has 2 N–H and O–H groups in total. The van der Waals surface area contributed by atoms with Gasteiger partial charge in [0.25, 0.3) is 0 Å². The number of hydrogen-bond donors (Lipinski definition) is 2. The molecule has 0 aliphatic carbocycles. The lowest BCUT2D eigenvalue weighted by Crippen LogP contribution is -2.32. The monoisotopic (exact) mass is 269 g/mol. The van der Waals surface area contributed by atoms with Gasteiger partial charge in [-0.2, -0.15) is 0 Å². The molecule has 0 aromatic heterocycles. The minimum atomic E-state index is -0.528. The SMILES string of the molecule is CC(NCC(=O)OC(C)(C)C)c1ccc(F)cc1O. The van der Waals surface area contributed by atoms with E-state index in [1.807, 2.05) is 0 Å². The molecule has 0 fully saturated rings. The van der Waals surface area contributed by atoms with Gasteiger partial charge in [0.15, 0.2) is 0 Å². The molecule has 1 aromatic carbocycles. The van der Waals surface area contributed by atoms with Gasteiger partial charge >= 0.3 is 5.97 Å². The number of carbonyl (C=O) groups excluding carboxylic acids is 1. The average Bonchev–Trinajstić information content (AvgIpc) is 2.23. The Balaban J connectivity index is 2.56. The van der Waals surface area contributed by atoms with Crippen molar-refractivity contribution in [3.8, 4) is 5.75 Å². The van der Waals surface area contributed by atoms with E-state index in [0.29, 0.717) is 5.56 Å². The number of halogens is 1. The standard InChI is InChI=1S/C14H20FNO3/c1-9(11-6-5-10(15)7-12(11)17)16-8-13(18)19-14(2,3)4/h5-7,9,16-17H,8H2,1-4H3. The Bertz CT molecular complexity index is 454. The summed E-state index contributed by atoms with van der Waals surface area (Å²) in [5.74, 6) is -1.01. The molecule has 1 unspecified atom stereocenters. The molecule has 0 amide bonds. The summed E-state index contributed by atoms with van der Waals surface area (Å²) in [6.07, 6.45) is 0. The highest BCUT2D eigenvalue weighted by atomic mass is 19.1. The summed E-state index contributed by atoms with van der Waals surface area (Å²) >= 11 is 0. The van der Waals surface area contributed by atoms with Gasteiger partial charge in [0.05, 0.1) is 6.54 Å². The highest BCUT2D eigenvalue weighted by Gasteiger charge is 2.17. The van der Waals surface area contributed by atoms with Gasteiger partial charge in [-0.05, 0) is 33.8 Å². The number of hydrogen-bond acceptors (Lipinski definition) is 4. The summed E-state index contributed by atoms with van der Waals surface area (Å²) in [4.78, 5) is 11.5. The minimum Gasteiger partial charge on any atom is -0.508 e. The third kappa shape index (κ3) is 5.26. The first-order valence-corrected chi connectivity index (χ1v) is 6.12. The number of carbonyl (C=O) groups is 1. The van der Waals surface area contributed by atoms with Crippen LogP contribution in [0.2, 0.25) is 0 Å². The quantitative estimate of drug-likeness (QED) is 0.825. The topological polar surface area (TPSA) is 58.6 Å². The fraction of sp³-hybridized carbons (Fsp3) is 0.500. The molecule has 5 heteroatoms. The van der Waals surface area contributed by atoms with Crippen LogP contribution in [0, 0.1) is 5.82 Å². The van der Waals surface area contributed by atoms with Crippen LogP contribution in [0.3, 0.4) is 0 Å². The van der Waals surface area contributed by atoms with Crippen LogP contribution in [-0.4, -0.2) is 23.2 Å². The van der Waals surface area contributed by atoms with Crippen LogP contribution < -0.4 is 5.32 Å². The minimum absolute atomic E-state index is 0.0231. The first-order valence-electron chi connectivity index (χ1n) is 6.12. The summed E-state index contributed by atoms with van der Waals surface area (Å²) < 4.78 is 18.0. The second-order valence-electron chi connectivity index (χ2n) is 5.39. The van der Waals surface area contributed by atoms with Gasteiger partial charge in [-0.15, -0.1) is 0 Å². The number of benzene rings is 1. The molecule has 0 heterocycles. The van der Waals surface area contributed by atoms with Crippen LogP contribution >= 0.6 is 0 Å². The largest absolute Gasteiger partial charge is 0.508 e. The Morgan fingerprint density at radius 3 is 2.63 bits per heavy atom. The Labute approximate surface area is 112 Å². The van der Waals surface area contributed by atoms with Crippen LogP contribution in [0.15, 0.2) is 18.2 Å². The van der Waals surface area contributed by atoms with Gasteiger partial charge in [0, 0.05) is 17.7 Å². The van der Waals surface area contributed by atoms with E-state index in [1.54, 1.807) is 27.7 Å². The molecular weight excluding hydrogens is 249 g/mol. The van der Waals surface area contributed by atoms with Crippen molar-refractivity contribution in [1.82, 2.24) is 5.32 Å². The van der Waals surface area contributed by atoms with E-state index in [4.69, 9.17) is 4.74 Å². The lowest BCUT2D eigenvalue weighted by Gasteiger charge is -2.21. The second-order valence-corrected chi connectivity index (χ2v) is 5.39. The van der Waals surface area contributed by atoms with Crippen molar-refractivity contribution >= 4 is 5.97 Å². The van der Waals surface area contributed by atoms with Crippen molar-refractivity contribution in [2.24, 2.45) is 0 Å². The number of phenolic OH excluding ortho intramolecular Hbond substituents is 1. The van der Waals surface area contributed by atoms with Crippen molar-refractivity contribution in [3.63, 3.8) is 0 Å². The molecule has 0 bridgehead atoms. The zero-order valence-electron chi connectivity index (χ0n) is 11.7. The molecule has 0 aliphatic rings. The third-order valence-corrected chi connectivity index (χ3v) is 2.43. The predicted molar refractivity (Wildman–Crippen MR) is 70.3 cm³/mol. The van der Waals surface area contributed by atoms with Crippen LogP contribution in [0.25, 0.3) is 0 Å². The zero-order chi connectivity index (χ0) is 14.6. The molecule has 1 aromatic rings. The average molecular weight is 269 g/mol. The summed E-state index contributed by atoms with van der Waals surface area (Å²) in [5.41, 5.74) is 0.00461. The molecule has 106 valence electrons. The number of aromatic hydroxyl groups is 1. The van der Waals surface area contributed by atoms with Crippen molar-refractivity contribution in [1.29, 1.82) is 0 Å². The first-order chi connectivity index (χ1) is 8.69. The highest BCUT2D eigenvalue weighted by Crippen LogP contribution is 2.24. The van der Waals surface area contributed by atoms with Gasteiger partial charge in [0.1, 0.15) is 17.2 Å². The molecule has 1 rings (SSSR count). The molecule has 1 atom stereocenters. The molecule has 0 saturated carbocycles. The van der Waals surface area contributed by atoms with E-state index in [0.717, 1.165) is 6.07 Å². The van der Waals surface area contributed by atoms with Crippen molar-refractivity contribution < 1.29 is 19.0 Å². The lowest BCUT2D eigenvalue weighted by molar-refractivity contribution is -0.153. The molecule has 0 radical (unpaired) electrons. The second kappa shape index (κ2) is 6.02. The Kier molecular flexibility index (Phi) is 4.89. The molecular formula is C14H20FNO3. The van der Waals surface area contributed by atoms with Gasteiger partial charge < -0.3 is 15.2 Å². The third-order valence-electron chi connectivity index (χ3n) is 2.43. The lowest BCUT2D eigenvalue weighted by atomic mass is 10.1. The van der Waals surface area contributed by atoms with E-state index < -0.39 is 11.4 Å². The number of phenols is 1. The first kappa shape index (κ1) is 15.4. The van der Waals surface area contributed by atoms with Crippen LogP contribution in [0.4, 0.5) is 4.39 Å². The highest BCUT2D eigenvalue weighted by molar-refractivity contribution is 5.72. The summed E-state index contributed by atoms with van der Waals surface area (Å²) in [6, 6.07) is 3.51. The van der Waals surface area contributed by atoms with Crippen molar-refractivity contribution in [2.75, 3.05) is 6.54 Å². The number of nitrogens with one attached hydrogen (secondary N) is 1.